The maximum Gasteiger partial charge on any atom is 0.243 e. The lowest BCUT2D eigenvalue weighted by molar-refractivity contribution is -0.141. The highest BCUT2D eigenvalue weighted by atomic mass is 19.1. The number of rotatable bonds is 9. The van der Waals surface area contributed by atoms with Crippen LogP contribution in [0.4, 0.5) is 4.39 Å². The van der Waals surface area contributed by atoms with E-state index in [2.05, 4.69) is 5.32 Å². The molecule has 0 bridgehead atoms. The Bertz CT molecular complexity index is 821. The van der Waals surface area contributed by atoms with Gasteiger partial charge in [-0.25, -0.2) is 4.39 Å². The zero-order valence-corrected chi connectivity index (χ0v) is 17.4. The first-order chi connectivity index (χ1) is 13.8. The van der Waals surface area contributed by atoms with Gasteiger partial charge in [-0.05, 0) is 49.6 Å². The third kappa shape index (κ3) is 6.31. The fourth-order valence-corrected chi connectivity index (χ4v) is 3.13. The Morgan fingerprint density at radius 2 is 1.76 bits per heavy atom. The van der Waals surface area contributed by atoms with Gasteiger partial charge < -0.3 is 15.0 Å². The van der Waals surface area contributed by atoms with Crippen molar-refractivity contribution in [2.24, 2.45) is 0 Å². The highest BCUT2D eigenvalue weighted by Gasteiger charge is 2.29. The first-order valence-electron chi connectivity index (χ1n) is 9.81. The maximum absolute atomic E-state index is 14.1. The molecule has 1 N–H and O–H groups in total. The number of halogens is 1. The Morgan fingerprint density at radius 1 is 1.10 bits per heavy atom. The van der Waals surface area contributed by atoms with Gasteiger partial charge in [-0.1, -0.05) is 37.3 Å². The molecule has 2 aromatic rings. The minimum atomic E-state index is -0.640. The van der Waals surface area contributed by atoms with E-state index >= 15 is 0 Å². The number of nitrogens with zero attached hydrogens (tertiary/aromatic N) is 1. The lowest BCUT2D eigenvalue weighted by Crippen LogP contribution is -2.50. The number of benzene rings is 2. The Kier molecular flexibility index (Phi) is 8.19. The molecule has 6 heteroatoms. The highest BCUT2D eigenvalue weighted by Crippen LogP contribution is 2.18. The van der Waals surface area contributed by atoms with Crippen molar-refractivity contribution in [3.05, 3.63) is 65.5 Å². The summed E-state index contributed by atoms with van der Waals surface area (Å²) in [5, 5.41) is 2.88. The molecule has 156 valence electrons. The first kappa shape index (κ1) is 22.4. The van der Waals surface area contributed by atoms with Gasteiger partial charge in [0.25, 0.3) is 0 Å². The van der Waals surface area contributed by atoms with Crippen LogP contribution in [-0.2, 0) is 22.6 Å². The van der Waals surface area contributed by atoms with E-state index in [1.807, 2.05) is 45.0 Å². The average molecular weight is 400 g/mol. The van der Waals surface area contributed by atoms with Crippen LogP contribution in [0, 0.1) is 5.82 Å². The van der Waals surface area contributed by atoms with Gasteiger partial charge in [-0.2, -0.15) is 0 Å². The molecule has 0 heterocycles. The van der Waals surface area contributed by atoms with E-state index < -0.39 is 11.9 Å². The van der Waals surface area contributed by atoms with Crippen LogP contribution in [0.2, 0.25) is 0 Å². The van der Waals surface area contributed by atoms with Gasteiger partial charge in [0.05, 0.1) is 13.5 Å². The molecule has 0 radical (unpaired) electrons. The van der Waals surface area contributed by atoms with Gasteiger partial charge in [0, 0.05) is 12.6 Å². The number of methoxy groups -OCH3 is 1. The van der Waals surface area contributed by atoms with Crippen molar-refractivity contribution in [1.29, 1.82) is 0 Å². The van der Waals surface area contributed by atoms with Crippen LogP contribution >= 0.6 is 0 Å². The van der Waals surface area contributed by atoms with Crippen LogP contribution in [0.1, 0.15) is 38.3 Å². The topological polar surface area (TPSA) is 58.6 Å². The predicted octanol–water partition coefficient (Wildman–Crippen LogP) is 3.71. The smallest absolute Gasteiger partial charge is 0.243 e. The second kappa shape index (κ2) is 10.6. The predicted molar refractivity (Wildman–Crippen MR) is 111 cm³/mol. The summed E-state index contributed by atoms with van der Waals surface area (Å²) in [7, 11) is 1.59. The summed E-state index contributed by atoms with van der Waals surface area (Å²) < 4.78 is 19.3. The lowest BCUT2D eigenvalue weighted by atomic mass is 10.1. The van der Waals surface area contributed by atoms with Crippen molar-refractivity contribution in [2.75, 3.05) is 7.11 Å². The van der Waals surface area contributed by atoms with Crippen molar-refractivity contribution in [3.63, 3.8) is 0 Å². The summed E-state index contributed by atoms with van der Waals surface area (Å²) in [4.78, 5) is 27.4. The molecule has 0 fully saturated rings. The maximum atomic E-state index is 14.1. The number of carbonyl (C=O) groups is 2. The summed E-state index contributed by atoms with van der Waals surface area (Å²) in [5.74, 6) is -0.220. The van der Waals surface area contributed by atoms with Crippen LogP contribution in [0.15, 0.2) is 48.5 Å². The van der Waals surface area contributed by atoms with E-state index in [1.165, 1.54) is 11.0 Å². The van der Waals surface area contributed by atoms with E-state index in [0.29, 0.717) is 17.7 Å². The van der Waals surface area contributed by atoms with Crippen LogP contribution < -0.4 is 10.1 Å². The monoisotopic (exact) mass is 400 g/mol. The summed E-state index contributed by atoms with van der Waals surface area (Å²) >= 11 is 0. The molecule has 2 rings (SSSR count). The molecule has 0 unspecified atom stereocenters. The molecule has 0 aliphatic rings. The fourth-order valence-electron chi connectivity index (χ4n) is 3.13. The number of hydrogen-bond donors (Lipinski definition) is 1. The van der Waals surface area contributed by atoms with Gasteiger partial charge in [-0.15, -0.1) is 0 Å². The van der Waals surface area contributed by atoms with E-state index in [0.717, 1.165) is 5.56 Å². The average Bonchev–Trinajstić information content (AvgIpc) is 2.69. The standard InChI is InChI=1S/C23H29FN2O3/c1-5-21(23(28)25-16(2)3)26(15-17-10-12-19(29-4)13-11-17)22(27)14-18-8-6-7-9-20(18)24/h6-13,16,21H,5,14-15H2,1-4H3,(H,25,28)/t21-/m0/s1. The number of carbonyl (C=O) groups excluding carboxylic acids is 2. The third-order valence-electron chi connectivity index (χ3n) is 4.63. The second-order valence-electron chi connectivity index (χ2n) is 7.23. The number of hydrogen-bond acceptors (Lipinski definition) is 3. The molecular formula is C23H29FN2O3. The molecule has 5 nitrogen and oxygen atoms in total. The van der Waals surface area contributed by atoms with E-state index in [1.54, 1.807) is 25.3 Å². The van der Waals surface area contributed by atoms with Gasteiger partial charge in [0.1, 0.15) is 17.6 Å². The molecule has 2 amide bonds. The summed E-state index contributed by atoms with van der Waals surface area (Å²) in [6.45, 7) is 5.86. The van der Waals surface area contributed by atoms with Gasteiger partial charge in [0.2, 0.25) is 11.8 Å². The van der Waals surface area contributed by atoms with Crippen molar-refractivity contribution in [3.8, 4) is 5.75 Å². The molecule has 2 aromatic carbocycles. The number of ether oxygens (including phenoxy) is 1. The molecule has 0 spiro atoms. The van der Waals surface area contributed by atoms with E-state index in [4.69, 9.17) is 4.74 Å². The van der Waals surface area contributed by atoms with Gasteiger partial charge in [0.15, 0.2) is 0 Å². The van der Waals surface area contributed by atoms with Gasteiger partial charge >= 0.3 is 0 Å². The van der Waals surface area contributed by atoms with Crippen molar-refractivity contribution < 1.29 is 18.7 Å². The molecule has 0 saturated heterocycles. The SMILES string of the molecule is CC[C@@H](C(=O)NC(C)C)N(Cc1ccc(OC)cc1)C(=O)Cc1ccccc1F. The lowest BCUT2D eigenvalue weighted by Gasteiger charge is -2.31. The van der Waals surface area contributed by atoms with E-state index in [-0.39, 0.29) is 30.8 Å². The zero-order valence-electron chi connectivity index (χ0n) is 17.4. The molecular weight excluding hydrogens is 371 g/mol. The second-order valence-corrected chi connectivity index (χ2v) is 7.23. The minimum absolute atomic E-state index is 0.0407. The molecule has 1 atom stereocenters. The van der Waals surface area contributed by atoms with Crippen molar-refractivity contribution in [1.82, 2.24) is 10.2 Å². The Labute approximate surface area is 171 Å². The van der Waals surface area contributed by atoms with Crippen molar-refractivity contribution in [2.45, 2.75) is 52.2 Å². The Balaban J connectivity index is 2.30. The molecule has 29 heavy (non-hydrogen) atoms. The normalized spacial score (nSPS) is 11.8. The van der Waals surface area contributed by atoms with Crippen LogP contribution in [0.3, 0.4) is 0 Å². The molecule has 0 aliphatic heterocycles. The van der Waals surface area contributed by atoms with Crippen molar-refractivity contribution >= 4 is 11.8 Å². The fraction of sp³-hybridized carbons (Fsp3) is 0.391. The molecule has 0 aliphatic carbocycles. The van der Waals surface area contributed by atoms with E-state index in [9.17, 15) is 14.0 Å². The largest absolute Gasteiger partial charge is 0.497 e. The molecule has 0 aromatic heterocycles. The third-order valence-corrected chi connectivity index (χ3v) is 4.63. The zero-order chi connectivity index (χ0) is 21.4. The summed E-state index contributed by atoms with van der Waals surface area (Å²) in [6, 6.07) is 12.9. The van der Waals surface area contributed by atoms with Crippen LogP contribution in [0.5, 0.6) is 5.75 Å². The summed E-state index contributed by atoms with van der Waals surface area (Å²) in [6.07, 6.45) is 0.353. The number of nitrogens with one attached hydrogen (secondary N) is 1. The van der Waals surface area contributed by atoms with Gasteiger partial charge in [-0.3, -0.25) is 9.59 Å². The Morgan fingerprint density at radius 3 is 2.31 bits per heavy atom. The van der Waals surface area contributed by atoms with Crippen LogP contribution in [0.25, 0.3) is 0 Å². The number of amides is 2. The molecule has 0 saturated carbocycles. The first-order valence-corrected chi connectivity index (χ1v) is 9.81. The minimum Gasteiger partial charge on any atom is -0.497 e. The summed E-state index contributed by atoms with van der Waals surface area (Å²) in [5.41, 5.74) is 1.18. The van der Waals surface area contributed by atoms with Crippen LogP contribution in [-0.4, -0.2) is 35.9 Å². The Hall–Kier alpha value is -2.89. The quantitative estimate of drug-likeness (QED) is 0.698. The highest BCUT2D eigenvalue weighted by molar-refractivity contribution is 5.88.